The molecule has 0 amide bonds. The number of ether oxygens (including phenoxy) is 1. The Kier molecular flexibility index (Phi) is 6.18. The van der Waals surface area contributed by atoms with Crippen LogP contribution in [0.1, 0.15) is 70.0 Å². The number of aromatic nitrogens is 2. The number of unbranched alkanes of at least 4 members (excludes halogenated alkanes) is 3. The normalized spacial score (nSPS) is 26.1. The number of hydrogen-bond donors (Lipinski definition) is 1. The van der Waals surface area contributed by atoms with Crippen molar-refractivity contribution in [3.63, 3.8) is 0 Å². The molecule has 2 atom stereocenters. The molecule has 0 aromatic carbocycles. The molecular weight excluding hydrogens is 266 g/mol. The van der Waals surface area contributed by atoms with Gasteiger partial charge in [0.25, 0.3) is 0 Å². The minimum absolute atomic E-state index is 0.334. The lowest BCUT2D eigenvalue weighted by Gasteiger charge is -2.36. The molecule has 120 valence electrons. The molecule has 1 saturated carbocycles. The summed E-state index contributed by atoms with van der Waals surface area (Å²) in [4.78, 5) is 4.60. The summed E-state index contributed by atoms with van der Waals surface area (Å²) in [6.45, 7) is 3.05. The Morgan fingerprint density at radius 2 is 2.14 bits per heavy atom. The molecule has 1 heterocycles. The summed E-state index contributed by atoms with van der Waals surface area (Å²) in [6.07, 6.45) is 9.78. The van der Waals surface area contributed by atoms with Crippen molar-refractivity contribution in [3.8, 4) is 0 Å². The third-order valence-corrected chi connectivity index (χ3v) is 4.57. The molecule has 21 heavy (non-hydrogen) atoms. The molecule has 1 aliphatic rings. The number of nitrogens with zero attached hydrogens (tertiary/aromatic N) is 2. The molecule has 2 rings (SSSR count). The second-order valence-corrected chi connectivity index (χ2v) is 6.36. The van der Waals surface area contributed by atoms with Crippen molar-refractivity contribution >= 4 is 0 Å². The zero-order valence-corrected chi connectivity index (χ0v) is 13.4. The smallest absolute Gasteiger partial charge is 0.226 e. The molecule has 5 nitrogen and oxygen atoms in total. The Hall–Kier alpha value is -0.940. The third kappa shape index (κ3) is 4.27. The number of aryl methyl sites for hydroxylation is 1. The first kappa shape index (κ1) is 16.4. The highest BCUT2D eigenvalue weighted by Crippen LogP contribution is 2.41. The molecule has 5 heteroatoms. The number of nitrogens with two attached hydrogens (primary N) is 1. The number of rotatable bonds is 8. The summed E-state index contributed by atoms with van der Waals surface area (Å²) in [5.41, 5.74) is 5.16. The van der Waals surface area contributed by atoms with Gasteiger partial charge in [0, 0.05) is 13.5 Å². The van der Waals surface area contributed by atoms with Crippen molar-refractivity contribution < 1.29 is 9.26 Å². The van der Waals surface area contributed by atoms with Crippen LogP contribution >= 0.6 is 0 Å². The lowest BCUT2D eigenvalue weighted by atomic mass is 9.78. The van der Waals surface area contributed by atoms with E-state index < -0.39 is 0 Å². The van der Waals surface area contributed by atoms with Crippen LogP contribution < -0.4 is 5.73 Å². The van der Waals surface area contributed by atoms with Crippen LogP contribution in [0.4, 0.5) is 0 Å². The van der Waals surface area contributed by atoms with Gasteiger partial charge in [0.05, 0.1) is 0 Å². The van der Waals surface area contributed by atoms with Crippen LogP contribution in [0.2, 0.25) is 0 Å². The van der Waals surface area contributed by atoms with E-state index in [4.69, 9.17) is 15.0 Å². The highest BCUT2D eigenvalue weighted by atomic mass is 16.5. The maximum absolute atomic E-state index is 5.81. The Morgan fingerprint density at radius 3 is 2.86 bits per heavy atom. The molecule has 1 fully saturated rings. The van der Waals surface area contributed by atoms with Gasteiger partial charge in [-0.05, 0) is 44.6 Å². The van der Waals surface area contributed by atoms with E-state index in [0.717, 1.165) is 56.8 Å². The SMILES string of the molecule is COC1(c2noc(CCCCCCN)n2)CCCC(C)C1. The van der Waals surface area contributed by atoms with Gasteiger partial charge in [-0.25, -0.2) is 0 Å². The summed E-state index contributed by atoms with van der Waals surface area (Å²) in [6, 6.07) is 0. The summed E-state index contributed by atoms with van der Waals surface area (Å²) < 4.78 is 11.2. The number of hydrogen-bond acceptors (Lipinski definition) is 5. The monoisotopic (exact) mass is 295 g/mol. The van der Waals surface area contributed by atoms with Crippen LogP contribution in [-0.2, 0) is 16.8 Å². The Bertz CT molecular complexity index is 421. The van der Waals surface area contributed by atoms with Gasteiger partial charge in [0.15, 0.2) is 0 Å². The quantitative estimate of drug-likeness (QED) is 0.746. The van der Waals surface area contributed by atoms with Gasteiger partial charge in [0.1, 0.15) is 5.60 Å². The van der Waals surface area contributed by atoms with Crippen LogP contribution in [0, 0.1) is 5.92 Å². The van der Waals surface area contributed by atoms with Crippen molar-refractivity contribution in [2.75, 3.05) is 13.7 Å². The van der Waals surface area contributed by atoms with Gasteiger partial charge in [-0.2, -0.15) is 4.98 Å². The van der Waals surface area contributed by atoms with E-state index in [-0.39, 0.29) is 5.60 Å². The van der Waals surface area contributed by atoms with Crippen LogP contribution in [0.5, 0.6) is 0 Å². The second-order valence-electron chi connectivity index (χ2n) is 6.36. The molecule has 2 unspecified atom stereocenters. The fourth-order valence-electron chi connectivity index (χ4n) is 3.30. The predicted octanol–water partition coefficient (Wildman–Crippen LogP) is 3.18. The lowest BCUT2D eigenvalue weighted by molar-refractivity contribution is -0.0658. The van der Waals surface area contributed by atoms with Gasteiger partial charge < -0.3 is 15.0 Å². The highest BCUT2D eigenvalue weighted by Gasteiger charge is 2.40. The van der Waals surface area contributed by atoms with Crippen molar-refractivity contribution in [1.29, 1.82) is 0 Å². The maximum Gasteiger partial charge on any atom is 0.226 e. The predicted molar refractivity (Wildman–Crippen MR) is 81.8 cm³/mol. The van der Waals surface area contributed by atoms with Crippen molar-refractivity contribution in [2.24, 2.45) is 11.7 Å². The van der Waals surface area contributed by atoms with Gasteiger partial charge >= 0.3 is 0 Å². The standard InChI is InChI=1S/C16H29N3O2/c1-13-8-7-10-16(12-13,20-2)15-18-14(21-19-15)9-5-3-4-6-11-17/h13H,3-12,17H2,1-2H3. The first-order valence-corrected chi connectivity index (χ1v) is 8.28. The van der Waals surface area contributed by atoms with Gasteiger partial charge in [0.2, 0.25) is 11.7 Å². The molecule has 2 N–H and O–H groups in total. The van der Waals surface area contributed by atoms with E-state index in [1.165, 1.54) is 19.3 Å². The lowest BCUT2D eigenvalue weighted by Crippen LogP contribution is -2.35. The topological polar surface area (TPSA) is 74.2 Å². The molecule has 1 aromatic rings. The molecule has 1 aromatic heterocycles. The molecule has 0 spiro atoms. The van der Waals surface area contributed by atoms with Crippen molar-refractivity contribution in [3.05, 3.63) is 11.7 Å². The van der Waals surface area contributed by atoms with Crippen molar-refractivity contribution in [2.45, 2.75) is 70.3 Å². The maximum atomic E-state index is 5.81. The van der Waals surface area contributed by atoms with E-state index in [1.807, 2.05) is 0 Å². The van der Waals surface area contributed by atoms with E-state index in [0.29, 0.717) is 5.92 Å². The summed E-state index contributed by atoms with van der Waals surface area (Å²) in [5, 5.41) is 4.20. The molecule has 1 aliphatic carbocycles. The number of methoxy groups -OCH3 is 1. The zero-order valence-electron chi connectivity index (χ0n) is 13.4. The van der Waals surface area contributed by atoms with Crippen LogP contribution in [-0.4, -0.2) is 23.8 Å². The van der Waals surface area contributed by atoms with Crippen molar-refractivity contribution in [1.82, 2.24) is 10.1 Å². The second kappa shape index (κ2) is 7.90. The Labute approximate surface area is 127 Å². The average Bonchev–Trinajstić information content (AvgIpc) is 2.96. The largest absolute Gasteiger partial charge is 0.370 e. The first-order valence-electron chi connectivity index (χ1n) is 8.28. The fraction of sp³-hybridized carbons (Fsp3) is 0.875. The minimum atomic E-state index is -0.334. The highest BCUT2D eigenvalue weighted by molar-refractivity contribution is 5.04. The van der Waals surface area contributed by atoms with Gasteiger partial charge in [-0.1, -0.05) is 31.3 Å². The summed E-state index contributed by atoms with van der Waals surface area (Å²) in [5.74, 6) is 2.14. The first-order chi connectivity index (χ1) is 10.2. The van der Waals surface area contributed by atoms with E-state index in [9.17, 15) is 0 Å². The Balaban J connectivity index is 1.91. The van der Waals surface area contributed by atoms with E-state index in [1.54, 1.807) is 7.11 Å². The molecule has 0 bridgehead atoms. The van der Waals surface area contributed by atoms with Crippen LogP contribution in [0.3, 0.4) is 0 Å². The molecule has 0 saturated heterocycles. The molecular formula is C16H29N3O2. The summed E-state index contributed by atoms with van der Waals surface area (Å²) >= 11 is 0. The van der Waals surface area contributed by atoms with Crippen LogP contribution in [0.15, 0.2) is 4.52 Å². The minimum Gasteiger partial charge on any atom is -0.370 e. The average molecular weight is 295 g/mol. The van der Waals surface area contributed by atoms with Crippen LogP contribution in [0.25, 0.3) is 0 Å². The van der Waals surface area contributed by atoms with Gasteiger partial charge in [-0.15, -0.1) is 0 Å². The molecule has 0 aliphatic heterocycles. The van der Waals surface area contributed by atoms with E-state index in [2.05, 4.69) is 17.1 Å². The molecule has 0 radical (unpaired) electrons. The zero-order chi connectivity index (χ0) is 15.1. The van der Waals surface area contributed by atoms with E-state index >= 15 is 0 Å². The Morgan fingerprint density at radius 1 is 1.33 bits per heavy atom. The fourth-order valence-corrected chi connectivity index (χ4v) is 3.30. The summed E-state index contributed by atoms with van der Waals surface area (Å²) in [7, 11) is 1.76. The van der Waals surface area contributed by atoms with Gasteiger partial charge in [-0.3, -0.25) is 0 Å². The third-order valence-electron chi connectivity index (χ3n) is 4.57.